The Morgan fingerprint density at radius 3 is 2.58 bits per heavy atom. The fraction of sp³-hybridized carbons (Fsp3) is 0.286. The molecular weight excluding hydrogens is 326 g/mol. The summed E-state index contributed by atoms with van der Waals surface area (Å²) < 4.78 is 12.2. The molecule has 2 unspecified atom stereocenters. The molecule has 5 heteroatoms. The minimum atomic E-state index is -0.164. The van der Waals surface area contributed by atoms with Crippen molar-refractivity contribution in [2.45, 2.75) is 19.1 Å². The zero-order valence-electron chi connectivity index (χ0n) is 10.8. The largest absolute Gasteiger partial charge is 0.497 e. The Morgan fingerprint density at radius 2 is 2.00 bits per heavy atom. The van der Waals surface area contributed by atoms with Crippen LogP contribution in [-0.2, 0) is 0 Å². The number of methoxy groups -OCH3 is 1. The molecule has 0 aliphatic heterocycles. The maximum Gasteiger partial charge on any atom is 0.148 e. The third-order valence-corrected chi connectivity index (χ3v) is 4.40. The molecule has 2 N–H and O–H groups in total. The quantitative estimate of drug-likeness (QED) is 0.894. The molecule has 0 fully saturated rings. The molecule has 0 amide bonds. The molecule has 102 valence electrons. The van der Waals surface area contributed by atoms with Gasteiger partial charge in [0.05, 0.1) is 7.11 Å². The van der Waals surface area contributed by atoms with Crippen molar-refractivity contribution in [1.82, 2.24) is 0 Å². The molecule has 2 rings (SSSR count). The summed E-state index contributed by atoms with van der Waals surface area (Å²) in [5.74, 6) is 1.53. The van der Waals surface area contributed by atoms with Crippen LogP contribution in [0.5, 0.6) is 11.5 Å². The number of ether oxygens (including phenoxy) is 2. The first-order chi connectivity index (χ1) is 9.10. The SMILES string of the molecule is COc1cccc(OC(c2cc(Br)cs2)C(C)N)c1. The first kappa shape index (κ1) is 14.4. The Balaban J connectivity index is 2.21. The highest BCUT2D eigenvalue weighted by molar-refractivity contribution is 9.10. The molecule has 19 heavy (non-hydrogen) atoms. The van der Waals surface area contributed by atoms with Gasteiger partial charge in [-0.15, -0.1) is 11.3 Å². The van der Waals surface area contributed by atoms with E-state index in [0.717, 1.165) is 20.8 Å². The van der Waals surface area contributed by atoms with E-state index in [0.29, 0.717) is 0 Å². The zero-order chi connectivity index (χ0) is 13.8. The van der Waals surface area contributed by atoms with Gasteiger partial charge in [0.25, 0.3) is 0 Å². The van der Waals surface area contributed by atoms with Gasteiger partial charge in [0.15, 0.2) is 0 Å². The summed E-state index contributed by atoms with van der Waals surface area (Å²) in [5, 5.41) is 2.03. The molecule has 1 heterocycles. The Labute approximate surface area is 125 Å². The van der Waals surface area contributed by atoms with E-state index in [9.17, 15) is 0 Å². The van der Waals surface area contributed by atoms with Crippen molar-refractivity contribution in [2.75, 3.05) is 7.11 Å². The second-order valence-corrected chi connectivity index (χ2v) is 6.10. The standard InChI is InChI=1S/C14H16BrNO2S/c1-9(16)14(13-6-10(15)8-19-13)18-12-5-3-4-11(7-12)17-2/h3-9,14H,16H2,1-2H3. The minimum Gasteiger partial charge on any atom is -0.497 e. The third kappa shape index (κ3) is 3.72. The van der Waals surface area contributed by atoms with Crippen LogP contribution in [0.1, 0.15) is 17.9 Å². The number of rotatable bonds is 5. The second-order valence-electron chi connectivity index (χ2n) is 4.24. The maximum atomic E-state index is 6.03. The van der Waals surface area contributed by atoms with Gasteiger partial charge >= 0.3 is 0 Å². The fourth-order valence-corrected chi connectivity index (χ4v) is 3.31. The highest BCUT2D eigenvalue weighted by atomic mass is 79.9. The van der Waals surface area contributed by atoms with Crippen LogP contribution in [0.3, 0.4) is 0 Å². The van der Waals surface area contributed by atoms with E-state index in [-0.39, 0.29) is 12.1 Å². The number of thiophene rings is 1. The smallest absolute Gasteiger partial charge is 0.148 e. The molecule has 0 aliphatic carbocycles. The lowest BCUT2D eigenvalue weighted by Crippen LogP contribution is -2.28. The van der Waals surface area contributed by atoms with E-state index < -0.39 is 0 Å². The topological polar surface area (TPSA) is 44.5 Å². The van der Waals surface area contributed by atoms with Crippen LogP contribution in [0.4, 0.5) is 0 Å². The highest BCUT2D eigenvalue weighted by Gasteiger charge is 2.20. The Kier molecular flexibility index (Phi) is 4.85. The fourth-order valence-electron chi connectivity index (χ4n) is 1.72. The monoisotopic (exact) mass is 341 g/mol. The van der Waals surface area contributed by atoms with Gasteiger partial charge in [-0.25, -0.2) is 0 Å². The molecule has 1 aromatic carbocycles. The number of halogens is 1. The van der Waals surface area contributed by atoms with Gasteiger partial charge in [0.1, 0.15) is 17.6 Å². The van der Waals surface area contributed by atoms with Crippen LogP contribution < -0.4 is 15.2 Å². The Hall–Kier alpha value is -1.04. The van der Waals surface area contributed by atoms with Crippen LogP contribution in [0.15, 0.2) is 40.2 Å². The molecule has 0 saturated carbocycles. The average molecular weight is 342 g/mol. The number of hydrogen-bond donors (Lipinski definition) is 1. The normalized spacial score (nSPS) is 13.9. The Morgan fingerprint density at radius 1 is 1.26 bits per heavy atom. The van der Waals surface area contributed by atoms with Crippen molar-refractivity contribution in [2.24, 2.45) is 5.73 Å². The zero-order valence-corrected chi connectivity index (χ0v) is 13.2. The predicted octanol–water partition coefficient (Wildman–Crippen LogP) is 3.99. The van der Waals surface area contributed by atoms with E-state index in [1.165, 1.54) is 0 Å². The van der Waals surface area contributed by atoms with E-state index in [1.54, 1.807) is 18.4 Å². The lowest BCUT2D eigenvalue weighted by atomic mass is 10.1. The van der Waals surface area contributed by atoms with Crippen LogP contribution in [0, 0.1) is 0 Å². The van der Waals surface area contributed by atoms with Crippen LogP contribution in [-0.4, -0.2) is 13.2 Å². The number of benzene rings is 1. The molecule has 2 aromatic rings. The minimum absolute atomic E-state index is 0.100. The molecular formula is C14H16BrNO2S. The van der Waals surface area contributed by atoms with Crippen LogP contribution in [0.2, 0.25) is 0 Å². The summed E-state index contributed by atoms with van der Waals surface area (Å²) in [7, 11) is 1.64. The summed E-state index contributed by atoms with van der Waals surface area (Å²) in [6.07, 6.45) is -0.164. The summed E-state index contributed by atoms with van der Waals surface area (Å²) in [4.78, 5) is 1.10. The molecule has 3 nitrogen and oxygen atoms in total. The van der Waals surface area contributed by atoms with Gasteiger partial charge in [-0.2, -0.15) is 0 Å². The number of hydrogen-bond acceptors (Lipinski definition) is 4. The molecule has 1 aromatic heterocycles. The molecule has 0 bridgehead atoms. The Bertz CT molecular complexity index is 542. The van der Waals surface area contributed by atoms with Gasteiger partial charge in [-0.1, -0.05) is 6.07 Å². The first-order valence-electron chi connectivity index (χ1n) is 5.90. The lowest BCUT2D eigenvalue weighted by Gasteiger charge is -2.21. The van der Waals surface area contributed by atoms with Crippen LogP contribution >= 0.6 is 27.3 Å². The van der Waals surface area contributed by atoms with Crippen molar-refractivity contribution in [3.8, 4) is 11.5 Å². The van der Waals surface area contributed by atoms with E-state index in [2.05, 4.69) is 15.9 Å². The van der Waals surface area contributed by atoms with Gasteiger partial charge in [0, 0.05) is 26.8 Å². The van der Waals surface area contributed by atoms with Crippen molar-refractivity contribution >= 4 is 27.3 Å². The molecule has 0 radical (unpaired) electrons. The van der Waals surface area contributed by atoms with Crippen LogP contribution in [0.25, 0.3) is 0 Å². The highest BCUT2D eigenvalue weighted by Crippen LogP contribution is 2.32. The van der Waals surface area contributed by atoms with E-state index >= 15 is 0 Å². The molecule has 0 spiro atoms. The molecule has 0 aliphatic rings. The number of nitrogens with two attached hydrogens (primary N) is 1. The first-order valence-corrected chi connectivity index (χ1v) is 7.57. The van der Waals surface area contributed by atoms with Gasteiger partial charge in [-0.3, -0.25) is 0 Å². The van der Waals surface area contributed by atoms with Gasteiger partial charge in [-0.05, 0) is 41.1 Å². The van der Waals surface area contributed by atoms with E-state index in [1.807, 2.05) is 42.6 Å². The second kappa shape index (κ2) is 6.41. The summed E-state index contributed by atoms with van der Waals surface area (Å²) in [6.45, 7) is 1.94. The molecule has 0 saturated heterocycles. The summed E-state index contributed by atoms with van der Waals surface area (Å²) in [6, 6.07) is 9.49. The van der Waals surface area contributed by atoms with Crippen molar-refractivity contribution < 1.29 is 9.47 Å². The van der Waals surface area contributed by atoms with Crippen molar-refractivity contribution in [3.63, 3.8) is 0 Å². The van der Waals surface area contributed by atoms with E-state index in [4.69, 9.17) is 15.2 Å². The maximum absolute atomic E-state index is 6.03. The predicted molar refractivity (Wildman–Crippen MR) is 82.0 cm³/mol. The summed E-state index contributed by atoms with van der Waals surface area (Å²) >= 11 is 5.08. The van der Waals surface area contributed by atoms with Crippen molar-refractivity contribution in [1.29, 1.82) is 0 Å². The summed E-state index contributed by atoms with van der Waals surface area (Å²) in [5.41, 5.74) is 6.03. The average Bonchev–Trinajstić information content (AvgIpc) is 2.82. The van der Waals surface area contributed by atoms with Crippen molar-refractivity contribution in [3.05, 3.63) is 45.1 Å². The van der Waals surface area contributed by atoms with Gasteiger partial charge < -0.3 is 15.2 Å². The lowest BCUT2D eigenvalue weighted by molar-refractivity contribution is 0.183. The third-order valence-electron chi connectivity index (χ3n) is 2.65. The van der Waals surface area contributed by atoms with Gasteiger partial charge in [0.2, 0.25) is 0 Å². The molecule has 2 atom stereocenters.